The van der Waals surface area contributed by atoms with E-state index in [0.717, 1.165) is 36.7 Å². The monoisotopic (exact) mass is 395 g/mol. The highest BCUT2D eigenvalue weighted by atomic mass is 16.7. The molecule has 1 atom stereocenters. The van der Waals surface area contributed by atoms with E-state index in [4.69, 9.17) is 9.47 Å². The van der Waals surface area contributed by atoms with E-state index < -0.39 is 6.04 Å². The summed E-state index contributed by atoms with van der Waals surface area (Å²) in [5.74, 6) is 1.31. The van der Waals surface area contributed by atoms with Gasteiger partial charge in [-0.2, -0.15) is 0 Å². The largest absolute Gasteiger partial charge is 0.454 e. The van der Waals surface area contributed by atoms with E-state index in [2.05, 4.69) is 10.2 Å². The number of nitrogens with zero attached hydrogens (tertiary/aromatic N) is 2. The van der Waals surface area contributed by atoms with E-state index in [1.165, 1.54) is 0 Å². The van der Waals surface area contributed by atoms with Crippen LogP contribution in [-0.2, 0) is 11.3 Å². The number of carbonyl (C=O) groups is 2. The van der Waals surface area contributed by atoms with E-state index in [9.17, 15) is 9.59 Å². The molecule has 4 rings (SSSR count). The number of ether oxygens (including phenoxy) is 2. The van der Waals surface area contributed by atoms with Crippen molar-refractivity contribution in [1.82, 2.24) is 15.1 Å². The van der Waals surface area contributed by atoms with Gasteiger partial charge in [-0.15, -0.1) is 0 Å². The molecule has 2 aliphatic rings. The summed E-state index contributed by atoms with van der Waals surface area (Å²) in [7, 11) is 0. The van der Waals surface area contributed by atoms with Crippen LogP contribution in [0.5, 0.6) is 11.5 Å². The van der Waals surface area contributed by atoms with E-state index in [-0.39, 0.29) is 18.6 Å². The Kier molecular flexibility index (Phi) is 5.67. The fraction of sp³-hybridized carbons (Fsp3) is 0.364. The minimum atomic E-state index is -0.553. The minimum Gasteiger partial charge on any atom is -0.454 e. The number of carbonyl (C=O) groups excluding carboxylic acids is 2. The number of rotatable bonds is 5. The first-order valence-electron chi connectivity index (χ1n) is 9.86. The molecule has 2 heterocycles. The van der Waals surface area contributed by atoms with Crippen molar-refractivity contribution in [3.8, 4) is 11.5 Å². The maximum Gasteiger partial charge on any atom is 0.251 e. The Morgan fingerprint density at radius 1 is 1.00 bits per heavy atom. The first-order valence-corrected chi connectivity index (χ1v) is 9.86. The molecule has 2 aromatic carbocycles. The van der Waals surface area contributed by atoms with Crippen LogP contribution >= 0.6 is 0 Å². The van der Waals surface area contributed by atoms with Crippen LogP contribution in [0.15, 0.2) is 48.5 Å². The maximum atomic E-state index is 12.7. The standard InChI is InChI=1S/C22H25N3O4/c1-16(23-21(26)18-5-3-2-4-6-18)22(27)25-11-9-24(10-12-25)14-17-7-8-19-20(13-17)29-15-28-19/h2-8,13,16H,9-12,14-15H2,1H3,(H,23,26)/t16-/m0/s1. The van der Waals surface area contributed by atoms with Crippen LogP contribution in [0.4, 0.5) is 0 Å². The Balaban J connectivity index is 1.26. The minimum absolute atomic E-state index is 0.0444. The second-order valence-corrected chi connectivity index (χ2v) is 7.35. The molecular formula is C22H25N3O4. The number of nitrogens with one attached hydrogen (secondary N) is 1. The molecule has 2 aliphatic heterocycles. The zero-order valence-electron chi connectivity index (χ0n) is 16.5. The van der Waals surface area contributed by atoms with Gasteiger partial charge in [0, 0.05) is 38.3 Å². The van der Waals surface area contributed by atoms with Gasteiger partial charge >= 0.3 is 0 Å². The normalized spacial score (nSPS) is 17.1. The lowest BCUT2D eigenvalue weighted by atomic mass is 10.1. The number of fused-ring (bicyclic) bond motifs is 1. The molecule has 1 fully saturated rings. The molecular weight excluding hydrogens is 370 g/mol. The van der Waals surface area contributed by atoms with Crippen molar-refractivity contribution in [2.45, 2.75) is 19.5 Å². The Bertz CT molecular complexity index is 879. The maximum absolute atomic E-state index is 12.7. The van der Waals surface area contributed by atoms with Gasteiger partial charge in [0.1, 0.15) is 6.04 Å². The Morgan fingerprint density at radius 2 is 1.72 bits per heavy atom. The summed E-state index contributed by atoms with van der Waals surface area (Å²) < 4.78 is 10.8. The smallest absolute Gasteiger partial charge is 0.251 e. The van der Waals surface area contributed by atoms with Gasteiger partial charge in [0.25, 0.3) is 5.91 Å². The van der Waals surface area contributed by atoms with Crippen LogP contribution < -0.4 is 14.8 Å². The van der Waals surface area contributed by atoms with Gasteiger partial charge in [0.05, 0.1) is 0 Å². The molecule has 1 saturated heterocycles. The summed E-state index contributed by atoms with van der Waals surface area (Å²) in [5, 5.41) is 2.80. The molecule has 7 nitrogen and oxygen atoms in total. The van der Waals surface area contributed by atoms with E-state index in [1.54, 1.807) is 31.2 Å². The van der Waals surface area contributed by atoms with Crippen molar-refractivity contribution in [2.75, 3.05) is 33.0 Å². The second kappa shape index (κ2) is 8.53. The summed E-state index contributed by atoms with van der Waals surface area (Å²) in [6.45, 7) is 5.70. The highest BCUT2D eigenvalue weighted by Gasteiger charge is 2.26. The molecule has 7 heteroatoms. The van der Waals surface area contributed by atoms with Gasteiger partial charge in [0.15, 0.2) is 11.5 Å². The third-order valence-corrected chi connectivity index (χ3v) is 5.28. The van der Waals surface area contributed by atoms with Crippen LogP contribution in [0.2, 0.25) is 0 Å². The Labute approximate surface area is 170 Å². The van der Waals surface area contributed by atoms with E-state index in [1.807, 2.05) is 29.2 Å². The van der Waals surface area contributed by atoms with Gasteiger partial charge in [-0.1, -0.05) is 24.3 Å². The highest BCUT2D eigenvalue weighted by Crippen LogP contribution is 2.32. The quantitative estimate of drug-likeness (QED) is 0.837. The molecule has 0 aliphatic carbocycles. The molecule has 152 valence electrons. The summed E-state index contributed by atoms with van der Waals surface area (Å²) in [6, 6.07) is 14.4. The van der Waals surface area contributed by atoms with Crippen LogP contribution in [-0.4, -0.2) is 60.6 Å². The van der Waals surface area contributed by atoms with Gasteiger partial charge in [-0.05, 0) is 36.8 Å². The molecule has 2 aromatic rings. The lowest BCUT2D eigenvalue weighted by Gasteiger charge is -2.36. The number of amides is 2. The summed E-state index contributed by atoms with van der Waals surface area (Å²) >= 11 is 0. The summed E-state index contributed by atoms with van der Waals surface area (Å²) in [6.07, 6.45) is 0. The average Bonchev–Trinajstić information content (AvgIpc) is 3.22. The van der Waals surface area contributed by atoms with Crippen LogP contribution in [0, 0.1) is 0 Å². The van der Waals surface area contributed by atoms with Crippen molar-refractivity contribution in [3.63, 3.8) is 0 Å². The van der Waals surface area contributed by atoms with Gasteiger partial charge in [-0.25, -0.2) is 0 Å². The molecule has 1 N–H and O–H groups in total. The topological polar surface area (TPSA) is 71.1 Å². The lowest BCUT2D eigenvalue weighted by Crippen LogP contribution is -2.53. The molecule has 0 unspecified atom stereocenters. The third-order valence-electron chi connectivity index (χ3n) is 5.28. The van der Waals surface area contributed by atoms with Crippen molar-refractivity contribution >= 4 is 11.8 Å². The second-order valence-electron chi connectivity index (χ2n) is 7.35. The predicted molar refractivity (Wildman–Crippen MR) is 108 cm³/mol. The number of hydrogen-bond acceptors (Lipinski definition) is 5. The molecule has 0 aromatic heterocycles. The first kappa shape index (κ1) is 19.3. The van der Waals surface area contributed by atoms with Crippen molar-refractivity contribution in [1.29, 1.82) is 0 Å². The van der Waals surface area contributed by atoms with Gasteiger partial charge in [0.2, 0.25) is 12.7 Å². The Morgan fingerprint density at radius 3 is 2.48 bits per heavy atom. The van der Waals surface area contributed by atoms with Crippen LogP contribution in [0.3, 0.4) is 0 Å². The zero-order chi connectivity index (χ0) is 20.2. The fourth-order valence-electron chi connectivity index (χ4n) is 3.63. The molecule has 0 bridgehead atoms. The summed E-state index contributed by atoms with van der Waals surface area (Å²) in [5.41, 5.74) is 1.72. The third kappa shape index (κ3) is 4.51. The molecule has 0 radical (unpaired) electrons. The van der Waals surface area contributed by atoms with E-state index in [0.29, 0.717) is 18.7 Å². The van der Waals surface area contributed by atoms with Crippen molar-refractivity contribution in [2.24, 2.45) is 0 Å². The van der Waals surface area contributed by atoms with Crippen molar-refractivity contribution < 1.29 is 19.1 Å². The number of piperazine rings is 1. The Hall–Kier alpha value is -3.06. The fourth-order valence-corrected chi connectivity index (χ4v) is 3.63. The molecule has 2 amide bonds. The predicted octanol–water partition coefficient (Wildman–Crippen LogP) is 1.88. The number of hydrogen-bond donors (Lipinski definition) is 1. The molecule has 0 spiro atoms. The van der Waals surface area contributed by atoms with Crippen LogP contribution in [0.25, 0.3) is 0 Å². The summed E-state index contributed by atoms with van der Waals surface area (Å²) in [4.78, 5) is 29.1. The molecule has 29 heavy (non-hydrogen) atoms. The number of benzene rings is 2. The van der Waals surface area contributed by atoms with Crippen molar-refractivity contribution in [3.05, 3.63) is 59.7 Å². The van der Waals surface area contributed by atoms with Gasteiger partial charge in [-0.3, -0.25) is 14.5 Å². The first-order chi connectivity index (χ1) is 14.1. The van der Waals surface area contributed by atoms with Gasteiger partial charge < -0.3 is 19.7 Å². The molecule has 0 saturated carbocycles. The average molecular weight is 395 g/mol. The lowest BCUT2D eigenvalue weighted by molar-refractivity contribution is -0.134. The van der Waals surface area contributed by atoms with Crippen LogP contribution in [0.1, 0.15) is 22.8 Å². The SMILES string of the molecule is C[C@H](NC(=O)c1ccccc1)C(=O)N1CCN(Cc2ccc3c(c2)OCO3)CC1. The highest BCUT2D eigenvalue weighted by molar-refractivity contribution is 5.97. The van der Waals surface area contributed by atoms with E-state index >= 15 is 0 Å². The zero-order valence-corrected chi connectivity index (χ0v) is 16.5.